The number of piperidine rings is 1. The normalized spacial score (nSPS) is 16.6. The molecule has 3 aromatic rings. The number of carbonyl (C=O) groups excluding carboxylic acids is 1. The largest absolute Gasteiger partial charge is 0.352 e. The van der Waals surface area contributed by atoms with Gasteiger partial charge in [-0.25, -0.2) is 12.8 Å². The molecule has 3 aromatic carbocycles. The number of rotatable bonds is 8. The topological polar surface area (TPSA) is 78.5 Å². The summed E-state index contributed by atoms with van der Waals surface area (Å²) >= 11 is 0. The maximum absolute atomic E-state index is 13.8. The van der Waals surface area contributed by atoms with Crippen molar-refractivity contribution < 1.29 is 17.6 Å². The average molecular weight is 496 g/mol. The van der Waals surface area contributed by atoms with Crippen LogP contribution in [-0.4, -0.2) is 38.9 Å². The van der Waals surface area contributed by atoms with Crippen LogP contribution in [0.15, 0.2) is 77.7 Å². The summed E-state index contributed by atoms with van der Waals surface area (Å²) in [5, 5.41) is 3.00. The Bertz CT molecular complexity index is 1280. The predicted octanol–water partition coefficient (Wildman–Crippen LogP) is 4.58. The molecule has 184 valence electrons. The number of benzene rings is 3. The molecule has 1 fully saturated rings. The van der Waals surface area contributed by atoms with E-state index in [-0.39, 0.29) is 16.5 Å². The highest BCUT2D eigenvalue weighted by atomic mass is 32.2. The van der Waals surface area contributed by atoms with Crippen LogP contribution >= 0.6 is 0 Å². The number of hydrogen-bond acceptors (Lipinski definition) is 4. The van der Waals surface area contributed by atoms with E-state index < -0.39 is 15.8 Å². The van der Waals surface area contributed by atoms with E-state index in [1.165, 1.54) is 23.8 Å². The first-order chi connectivity index (χ1) is 16.8. The monoisotopic (exact) mass is 495 g/mol. The van der Waals surface area contributed by atoms with Gasteiger partial charge >= 0.3 is 0 Å². The van der Waals surface area contributed by atoms with Crippen LogP contribution < -0.4 is 10.0 Å². The van der Waals surface area contributed by atoms with Gasteiger partial charge in [0, 0.05) is 30.9 Å². The fraction of sp³-hybridized carbons (Fsp3) is 0.296. The molecule has 2 N–H and O–H groups in total. The molecule has 0 radical (unpaired) electrons. The SMILES string of the molecule is Cc1ccc(S(=O)(=O)Nc2cccc(C(=O)NCC3CCCN(Cc4ccccc4)C3)c2)cc1F. The quantitative estimate of drug-likeness (QED) is 0.480. The molecule has 8 heteroatoms. The van der Waals surface area contributed by atoms with Gasteiger partial charge in [-0.15, -0.1) is 0 Å². The van der Waals surface area contributed by atoms with Crippen molar-refractivity contribution in [2.75, 3.05) is 24.4 Å². The van der Waals surface area contributed by atoms with E-state index in [1.54, 1.807) is 25.1 Å². The second-order valence-corrected chi connectivity index (χ2v) is 10.7. The number of nitrogens with one attached hydrogen (secondary N) is 2. The van der Waals surface area contributed by atoms with E-state index in [1.807, 2.05) is 18.2 Å². The van der Waals surface area contributed by atoms with Crippen molar-refractivity contribution in [3.05, 3.63) is 95.3 Å². The third kappa shape index (κ3) is 6.68. The van der Waals surface area contributed by atoms with Gasteiger partial charge in [-0.2, -0.15) is 0 Å². The molecule has 1 aliphatic rings. The molecule has 1 unspecified atom stereocenters. The smallest absolute Gasteiger partial charge is 0.261 e. The fourth-order valence-electron chi connectivity index (χ4n) is 4.32. The Hall–Kier alpha value is -3.23. The highest BCUT2D eigenvalue weighted by Crippen LogP contribution is 2.21. The molecule has 1 amide bonds. The van der Waals surface area contributed by atoms with Crippen LogP contribution in [-0.2, 0) is 16.6 Å². The molecule has 0 spiro atoms. The van der Waals surface area contributed by atoms with Gasteiger partial charge in [-0.3, -0.25) is 14.4 Å². The van der Waals surface area contributed by atoms with Crippen LogP contribution in [0.1, 0.15) is 34.3 Å². The minimum atomic E-state index is -3.98. The Morgan fingerprint density at radius 3 is 2.63 bits per heavy atom. The molecule has 4 rings (SSSR count). The first-order valence-electron chi connectivity index (χ1n) is 11.7. The molecular weight excluding hydrogens is 465 g/mol. The van der Waals surface area contributed by atoms with E-state index >= 15 is 0 Å². The summed E-state index contributed by atoms with van der Waals surface area (Å²) in [6.07, 6.45) is 2.14. The minimum Gasteiger partial charge on any atom is -0.352 e. The van der Waals surface area contributed by atoms with Crippen LogP contribution in [0.25, 0.3) is 0 Å². The van der Waals surface area contributed by atoms with Crippen LogP contribution in [0.4, 0.5) is 10.1 Å². The summed E-state index contributed by atoms with van der Waals surface area (Å²) < 4.78 is 41.6. The third-order valence-electron chi connectivity index (χ3n) is 6.23. The molecule has 0 bridgehead atoms. The molecule has 1 atom stereocenters. The van der Waals surface area contributed by atoms with Crippen molar-refractivity contribution in [2.24, 2.45) is 5.92 Å². The predicted molar refractivity (Wildman–Crippen MR) is 135 cm³/mol. The Labute approximate surface area is 206 Å². The lowest BCUT2D eigenvalue weighted by Crippen LogP contribution is -2.40. The molecule has 35 heavy (non-hydrogen) atoms. The number of likely N-dealkylation sites (tertiary alicyclic amines) is 1. The number of aryl methyl sites for hydroxylation is 1. The van der Waals surface area contributed by atoms with Gasteiger partial charge in [0.05, 0.1) is 4.90 Å². The molecule has 0 aliphatic carbocycles. The van der Waals surface area contributed by atoms with Crippen LogP contribution in [0, 0.1) is 18.7 Å². The van der Waals surface area contributed by atoms with Crippen molar-refractivity contribution in [2.45, 2.75) is 31.2 Å². The minimum absolute atomic E-state index is 0.173. The maximum atomic E-state index is 13.8. The van der Waals surface area contributed by atoms with Gasteiger partial charge in [0.1, 0.15) is 5.82 Å². The number of amides is 1. The van der Waals surface area contributed by atoms with E-state index in [4.69, 9.17) is 0 Å². The highest BCUT2D eigenvalue weighted by molar-refractivity contribution is 7.92. The summed E-state index contributed by atoms with van der Waals surface area (Å²) in [6.45, 7) is 4.99. The average Bonchev–Trinajstić information content (AvgIpc) is 2.85. The fourth-order valence-corrected chi connectivity index (χ4v) is 5.38. The molecule has 0 aromatic heterocycles. The lowest BCUT2D eigenvalue weighted by atomic mass is 9.97. The standard InChI is InChI=1S/C27H30FN3O3S/c1-20-12-13-25(16-26(20)28)35(33,34)30-24-11-5-10-23(15-24)27(32)29-17-22-9-6-14-31(19-22)18-21-7-3-2-4-8-21/h2-5,7-8,10-13,15-16,22,30H,6,9,14,17-19H2,1H3,(H,29,32). The molecule has 1 saturated heterocycles. The summed E-state index contributed by atoms with van der Waals surface area (Å²) in [6, 6.07) is 20.4. The van der Waals surface area contributed by atoms with Gasteiger partial charge in [-0.05, 0) is 73.7 Å². The van der Waals surface area contributed by atoms with E-state index in [2.05, 4.69) is 27.1 Å². The molecule has 1 heterocycles. The summed E-state index contributed by atoms with van der Waals surface area (Å²) in [5.41, 5.74) is 2.25. The second kappa shape index (κ2) is 11.0. The molecule has 0 saturated carbocycles. The third-order valence-corrected chi connectivity index (χ3v) is 7.61. The Morgan fingerprint density at radius 2 is 1.86 bits per heavy atom. The van der Waals surface area contributed by atoms with Crippen LogP contribution in [0.5, 0.6) is 0 Å². The summed E-state index contributed by atoms with van der Waals surface area (Å²) in [5.74, 6) is -0.492. The van der Waals surface area contributed by atoms with Gasteiger partial charge in [-0.1, -0.05) is 42.5 Å². The molecule has 1 aliphatic heterocycles. The van der Waals surface area contributed by atoms with Crippen molar-refractivity contribution >= 4 is 21.6 Å². The van der Waals surface area contributed by atoms with E-state index in [0.29, 0.717) is 23.6 Å². The lowest BCUT2D eigenvalue weighted by Gasteiger charge is -2.32. The second-order valence-electron chi connectivity index (χ2n) is 9.04. The first kappa shape index (κ1) is 24.9. The number of carbonyl (C=O) groups is 1. The van der Waals surface area contributed by atoms with E-state index in [9.17, 15) is 17.6 Å². The summed E-state index contributed by atoms with van der Waals surface area (Å²) in [7, 11) is -3.98. The maximum Gasteiger partial charge on any atom is 0.261 e. The van der Waals surface area contributed by atoms with E-state index in [0.717, 1.165) is 38.5 Å². The zero-order valence-corrected chi connectivity index (χ0v) is 20.5. The van der Waals surface area contributed by atoms with Gasteiger partial charge in [0.15, 0.2) is 0 Å². The van der Waals surface area contributed by atoms with Crippen molar-refractivity contribution in [3.63, 3.8) is 0 Å². The Kier molecular flexibility index (Phi) is 7.83. The number of halogens is 1. The van der Waals surface area contributed by atoms with Gasteiger partial charge in [0.2, 0.25) is 0 Å². The summed E-state index contributed by atoms with van der Waals surface area (Å²) in [4.78, 5) is 15.0. The lowest BCUT2D eigenvalue weighted by molar-refractivity contribution is 0.0930. The van der Waals surface area contributed by atoms with Crippen molar-refractivity contribution in [1.82, 2.24) is 10.2 Å². The highest BCUT2D eigenvalue weighted by Gasteiger charge is 2.21. The number of hydrogen-bond donors (Lipinski definition) is 2. The first-order valence-corrected chi connectivity index (χ1v) is 13.2. The molecule has 6 nitrogen and oxygen atoms in total. The number of nitrogens with zero attached hydrogens (tertiary/aromatic N) is 1. The van der Waals surface area contributed by atoms with Crippen LogP contribution in [0.3, 0.4) is 0 Å². The molecular formula is C27H30FN3O3S. The van der Waals surface area contributed by atoms with Crippen molar-refractivity contribution in [3.8, 4) is 0 Å². The van der Waals surface area contributed by atoms with Crippen molar-refractivity contribution in [1.29, 1.82) is 0 Å². The number of anilines is 1. The van der Waals surface area contributed by atoms with Gasteiger partial charge < -0.3 is 5.32 Å². The van der Waals surface area contributed by atoms with Gasteiger partial charge in [0.25, 0.3) is 15.9 Å². The number of sulfonamides is 1. The van der Waals surface area contributed by atoms with Crippen LogP contribution in [0.2, 0.25) is 0 Å². The Balaban J connectivity index is 1.34. The zero-order valence-electron chi connectivity index (χ0n) is 19.7. The Morgan fingerprint density at radius 1 is 1.06 bits per heavy atom. The zero-order chi connectivity index (χ0) is 24.8.